The van der Waals surface area contributed by atoms with E-state index in [9.17, 15) is 0 Å². The zero-order valence-corrected chi connectivity index (χ0v) is 13.3. The molecule has 2 aromatic rings. The molecule has 1 aromatic carbocycles. The van der Waals surface area contributed by atoms with Gasteiger partial charge in [0.15, 0.2) is 0 Å². The van der Waals surface area contributed by atoms with Crippen LogP contribution in [0, 0.1) is 6.92 Å². The van der Waals surface area contributed by atoms with Crippen LogP contribution >= 0.6 is 11.3 Å². The molecule has 0 fully saturated rings. The summed E-state index contributed by atoms with van der Waals surface area (Å²) in [7, 11) is 10.0. The first-order valence-electron chi connectivity index (χ1n) is 6.66. The average Bonchev–Trinajstić information content (AvgIpc) is 2.78. The molecule has 0 aliphatic rings. The third-order valence-electron chi connectivity index (χ3n) is 2.62. The summed E-state index contributed by atoms with van der Waals surface area (Å²) in [6.45, 7) is 7.05. The molecule has 1 heterocycles. The standard InChI is InChI=1S/C14H16BNS.C2H6/c1-10-4-7-14(17-10)13-6-5-12(15)8-11(13)9-16(2)3;1-2/h4-8H,9H2,1-3H3;1-2H3. The number of hydrogen-bond acceptors (Lipinski definition) is 2. The Kier molecular flexibility index (Phi) is 6.33. The van der Waals surface area contributed by atoms with Gasteiger partial charge in [-0.3, -0.25) is 0 Å². The average molecular weight is 271 g/mol. The summed E-state index contributed by atoms with van der Waals surface area (Å²) in [5.74, 6) is 0. The SMILES string of the molecule is CC.[B]c1ccc(-c2ccc(C)s2)c(CN(C)C)c1. The van der Waals surface area contributed by atoms with Crippen molar-refractivity contribution in [3.05, 3.63) is 40.8 Å². The summed E-state index contributed by atoms with van der Waals surface area (Å²) in [6.07, 6.45) is 0. The van der Waals surface area contributed by atoms with Gasteiger partial charge in [-0.25, -0.2) is 0 Å². The highest BCUT2D eigenvalue weighted by Crippen LogP contribution is 2.30. The molecule has 2 radical (unpaired) electrons. The van der Waals surface area contributed by atoms with E-state index in [1.165, 1.54) is 20.9 Å². The number of thiophene rings is 1. The van der Waals surface area contributed by atoms with E-state index < -0.39 is 0 Å². The van der Waals surface area contributed by atoms with Crippen LogP contribution in [0.3, 0.4) is 0 Å². The lowest BCUT2D eigenvalue weighted by molar-refractivity contribution is 0.403. The summed E-state index contributed by atoms with van der Waals surface area (Å²) < 4.78 is 0. The van der Waals surface area contributed by atoms with Gasteiger partial charge in [-0.15, -0.1) is 11.3 Å². The maximum atomic E-state index is 5.87. The van der Waals surface area contributed by atoms with Gasteiger partial charge >= 0.3 is 0 Å². The number of nitrogens with zero attached hydrogens (tertiary/aromatic N) is 1. The van der Waals surface area contributed by atoms with Gasteiger partial charge in [-0.2, -0.15) is 0 Å². The van der Waals surface area contributed by atoms with Gasteiger partial charge in [0.1, 0.15) is 7.85 Å². The zero-order chi connectivity index (χ0) is 14.4. The zero-order valence-electron chi connectivity index (χ0n) is 12.5. The molecule has 0 amide bonds. The van der Waals surface area contributed by atoms with Crippen LogP contribution in [0.25, 0.3) is 10.4 Å². The van der Waals surface area contributed by atoms with Gasteiger partial charge in [0, 0.05) is 16.3 Å². The summed E-state index contributed by atoms with van der Waals surface area (Å²) >= 11 is 1.83. The van der Waals surface area contributed by atoms with Gasteiger partial charge in [-0.1, -0.05) is 37.5 Å². The van der Waals surface area contributed by atoms with Crippen molar-refractivity contribution in [2.75, 3.05) is 14.1 Å². The van der Waals surface area contributed by atoms with E-state index in [1.807, 2.05) is 31.3 Å². The van der Waals surface area contributed by atoms with E-state index in [0.29, 0.717) is 0 Å². The Morgan fingerprint density at radius 2 is 1.79 bits per heavy atom. The number of rotatable bonds is 3. The van der Waals surface area contributed by atoms with Crippen molar-refractivity contribution in [2.24, 2.45) is 0 Å². The molecule has 0 saturated carbocycles. The van der Waals surface area contributed by atoms with Gasteiger partial charge in [0.25, 0.3) is 0 Å². The number of aryl methyl sites for hydroxylation is 1. The molecule has 1 nitrogen and oxygen atoms in total. The maximum Gasteiger partial charge on any atom is 0.113 e. The van der Waals surface area contributed by atoms with E-state index >= 15 is 0 Å². The first-order chi connectivity index (χ1) is 9.06. The van der Waals surface area contributed by atoms with Crippen molar-refractivity contribution in [1.82, 2.24) is 4.90 Å². The summed E-state index contributed by atoms with van der Waals surface area (Å²) in [5.41, 5.74) is 3.42. The molecule has 1 aromatic heterocycles. The van der Waals surface area contributed by atoms with E-state index in [-0.39, 0.29) is 0 Å². The van der Waals surface area contributed by atoms with Crippen molar-refractivity contribution < 1.29 is 0 Å². The smallest absolute Gasteiger partial charge is 0.113 e. The van der Waals surface area contributed by atoms with Crippen molar-refractivity contribution in [3.8, 4) is 10.4 Å². The Balaban J connectivity index is 0.000000861. The van der Waals surface area contributed by atoms with Gasteiger partial charge in [-0.05, 0) is 44.3 Å². The van der Waals surface area contributed by atoms with Crippen molar-refractivity contribution >= 4 is 24.6 Å². The molecule has 0 N–H and O–H groups in total. The van der Waals surface area contributed by atoms with Crippen LogP contribution in [0.15, 0.2) is 30.3 Å². The van der Waals surface area contributed by atoms with Gasteiger partial charge in [0.05, 0.1) is 0 Å². The van der Waals surface area contributed by atoms with Gasteiger partial charge in [0.2, 0.25) is 0 Å². The van der Waals surface area contributed by atoms with Crippen LogP contribution < -0.4 is 5.46 Å². The van der Waals surface area contributed by atoms with Crippen LogP contribution in [0.2, 0.25) is 0 Å². The minimum atomic E-state index is 0.832. The lowest BCUT2D eigenvalue weighted by Crippen LogP contribution is -2.14. The van der Waals surface area contributed by atoms with E-state index in [4.69, 9.17) is 7.85 Å². The fourth-order valence-corrected chi connectivity index (χ4v) is 2.83. The molecule has 100 valence electrons. The van der Waals surface area contributed by atoms with Crippen molar-refractivity contribution in [1.29, 1.82) is 0 Å². The summed E-state index contributed by atoms with van der Waals surface area (Å²) in [4.78, 5) is 4.82. The number of hydrogen-bond donors (Lipinski definition) is 0. The largest absolute Gasteiger partial charge is 0.305 e. The predicted octanol–water partition coefficient (Wildman–Crippen LogP) is 3.61. The lowest BCUT2D eigenvalue weighted by Gasteiger charge is -2.14. The normalized spacial score (nSPS) is 10.2. The molecule has 0 unspecified atom stereocenters. The minimum Gasteiger partial charge on any atom is -0.305 e. The van der Waals surface area contributed by atoms with Crippen molar-refractivity contribution in [2.45, 2.75) is 27.3 Å². The third-order valence-corrected chi connectivity index (χ3v) is 3.66. The summed E-state index contributed by atoms with van der Waals surface area (Å²) in [6, 6.07) is 10.5. The molecule has 0 saturated heterocycles. The van der Waals surface area contributed by atoms with Crippen LogP contribution in [-0.2, 0) is 6.54 Å². The Morgan fingerprint density at radius 1 is 1.11 bits per heavy atom. The molecule has 2 rings (SSSR count). The second kappa shape index (κ2) is 7.51. The molecule has 0 aliphatic heterocycles. The first kappa shape index (κ1) is 16.0. The first-order valence-corrected chi connectivity index (χ1v) is 7.48. The van der Waals surface area contributed by atoms with E-state index in [0.717, 1.165) is 12.0 Å². The molecule has 19 heavy (non-hydrogen) atoms. The topological polar surface area (TPSA) is 3.24 Å². The fraction of sp³-hybridized carbons (Fsp3) is 0.375. The fourth-order valence-electron chi connectivity index (χ4n) is 1.90. The van der Waals surface area contributed by atoms with Crippen LogP contribution in [-0.4, -0.2) is 26.8 Å². The quantitative estimate of drug-likeness (QED) is 0.771. The third kappa shape index (κ3) is 4.52. The second-order valence-corrected chi connectivity index (χ2v) is 5.85. The molecule has 3 heteroatoms. The Labute approximate surface area is 122 Å². The molecular weight excluding hydrogens is 249 g/mol. The lowest BCUT2D eigenvalue weighted by atomic mass is 9.91. The predicted molar refractivity (Wildman–Crippen MR) is 88.6 cm³/mol. The minimum absolute atomic E-state index is 0.832. The molecule has 0 bridgehead atoms. The molecule has 0 aliphatic carbocycles. The number of benzene rings is 1. The second-order valence-electron chi connectivity index (χ2n) is 4.56. The Hall–Kier alpha value is -1.06. The molecular formula is C16H22BNS. The monoisotopic (exact) mass is 271 g/mol. The van der Waals surface area contributed by atoms with Crippen LogP contribution in [0.1, 0.15) is 24.3 Å². The molecule has 0 atom stereocenters. The Bertz CT molecular complexity index is 517. The van der Waals surface area contributed by atoms with E-state index in [2.05, 4.69) is 50.2 Å². The maximum absolute atomic E-state index is 5.87. The highest BCUT2D eigenvalue weighted by molar-refractivity contribution is 7.15. The highest BCUT2D eigenvalue weighted by Gasteiger charge is 2.08. The van der Waals surface area contributed by atoms with Crippen molar-refractivity contribution in [3.63, 3.8) is 0 Å². The highest BCUT2D eigenvalue weighted by atomic mass is 32.1. The molecule has 0 spiro atoms. The Morgan fingerprint density at radius 3 is 2.32 bits per heavy atom. The summed E-state index contributed by atoms with van der Waals surface area (Å²) in [5, 5.41) is 0. The van der Waals surface area contributed by atoms with Crippen LogP contribution in [0.5, 0.6) is 0 Å². The van der Waals surface area contributed by atoms with Gasteiger partial charge < -0.3 is 4.90 Å². The van der Waals surface area contributed by atoms with E-state index in [1.54, 1.807) is 0 Å². The van der Waals surface area contributed by atoms with Crippen LogP contribution in [0.4, 0.5) is 0 Å².